The van der Waals surface area contributed by atoms with Gasteiger partial charge in [0, 0.05) is 6.54 Å². The van der Waals surface area contributed by atoms with Crippen LogP contribution in [-0.2, 0) is 10.0 Å². The lowest BCUT2D eigenvalue weighted by Crippen LogP contribution is -2.32. The van der Waals surface area contributed by atoms with E-state index >= 15 is 0 Å². The summed E-state index contributed by atoms with van der Waals surface area (Å²) >= 11 is 0. The van der Waals surface area contributed by atoms with E-state index in [-0.39, 0.29) is 16.9 Å². The molecule has 1 aliphatic rings. The standard InChI is InChI=1S/C15H20N2O3S/c1-11-2-3-13(9-16)8-15(11)21(19,20)17-10-12-4-6-14(18)7-5-12/h2-3,8,12,14,17-18H,4-7,10H2,1H3. The van der Waals surface area contributed by atoms with Crippen LogP contribution in [0, 0.1) is 24.2 Å². The smallest absolute Gasteiger partial charge is 0.240 e. The molecule has 0 radical (unpaired) electrons. The van der Waals surface area contributed by atoms with Crippen LogP contribution in [0.5, 0.6) is 0 Å². The van der Waals surface area contributed by atoms with Gasteiger partial charge in [-0.15, -0.1) is 0 Å². The Morgan fingerprint density at radius 1 is 1.33 bits per heavy atom. The maximum Gasteiger partial charge on any atom is 0.240 e. The first-order valence-electron chi connectivity index (χ1n) is 7.11. The predicted molar refractivity (Wildman–Crippen MR) is 79.0 cm³/mol. The predicted octanol–water partition coefficient (Wildman–Crippen LogP) is 1.70. The van der Waals surface area contributed by atoms with E-state index in [1.807, 2.05) is 6.07 Å². The Labute approximate surface area is 125 Å². The van der Waals surface area contributed by atoms with Crippen LogP contribution in [0.4, 0.5) is 0 Å². The highest BCUT2D eigenvalue weighted by atomic mass is 32.2. The summed E-state index contributed by atoms with van der Waals surface area (Å²) in [5.41, 5.74) is 0.960. The molecule has 1 fully saturated rings. The van der Waals surface area contributed by atoms with E-state index in [0.717, 1.165) is 25.7 Å². The molecule has 1 aliphatic carbocycles. The zero-order chi connectivity index (χ0) is 15.5. The third-order valence-electron chi connectivity index (χ3n) is 3.99. The Bertz CT molecular complexity index is 641. The molecule has 0 atom stereocenters. The van der Waals surface area contributed by atoms with Gasteiger partial charge in [-0.05, 0) is 56.2 Å². The van der Waals surface area contributed by atoms with Crippen molar-refractivity contribution >= 4 is 10.0 Å². The summed E-state index contributed by atoms with van der Waals surface area (Å²) in [7, 11) is -3.60. The number of hydrogen-bond acceptors (Lipinski definition) is 4. The monoisotopic (exact) mass is 308 g/mol. The largest absolute Gasteiger partial charge is 0.393 e. The first-order chi connectivity index (χ1) is 9.92. The Balaban J connectivity index is 2.07. The van der Waals surface area contributed by atoms with Gasteiger partial charge in [0.15, 0.2) is 0 Å². The Morgan fingerprint density at radius 3 is 2.62 bits per heavy atom. The van der Waals surface area contributed by atoms with Crippen LogP contribution >= 0.6 is 0 Å². The molecule has 0 saturated heterocycles. The molecule has 6 heteroatoms. The first kappa shape index (κ1) is 16.0. The van der Waals surface area contributed by atoms with Gasteiger partial charge < -0.3 is 5.11 Å². The van der Waals surface area contributed by atoms with E-state index in [1.165, 1.54) is 6.07 Å². The second-order valence-corrected chi connectivity index (χ2v) is 7.35. The average Bonchev–Trinajstić information content (AvgIpc) is 2.47. The van der Waals surface area contributed by atoms with Gasteiger partial charge in [0.05, 0.1) is 22.6 Å². The highest BCUT2D eigenvalue weighted by molar-refractivity contribution is 7.89. The summed E-state index contributed by atoms with van der Waals surface area (Å²) in [6.07, 6.45) is 2.89. The van der Waals surface area contributed by atoms with Gasteiger partial charge in [-0.1, -0.05) is 6.07 Å². The second-order valence-electron chi connectivity index (χ2n) is 5.62. The topological polar surface area (TPSA) is 90.2 Å². The van der Waals surface area contributed by atoms with Crippen molar-refractivity contribution in [3.05, 3.63) is 29.3 Å². The van der Waals surface area contributed by atoms with Gasteiger partial charge in [-0.3, -0.25) is 0 Å². The number of nitrogens with one attached hydrogen (secondary N) is 1. The van der Waals surface area contributed by atoms with Gasteiger partial charge >= 0.3 is 0 Å². The molecule has 2 N–H and O–H groups in total. The van der Waals surface area contributed by atoms with Crippen molar-refractivity contribution in [2.75, 3.05) is 6.54 Å². The highest BCUT2D eigenvalue weighted by Gasteiger charge is 2.23. The normalized spacial score (nSPS) is 22.7. The molecule has 1 aromatic rings. The molecule has 0 amide bonds. The van der Waals surface area contributed by atoms with E-state index < -0.39 is 10.0 Å². The number of aryl methyl sites for hydroxylation is 1. The first-order valence-corrected chi connectivity index (χ1v) is 8.59. The molecule has 21 heavy (non-hydrogen) atoms. The van der Waals surface area contributed by atoms with Crippen LogP contribution in [0.3, 0.4) is 0 Å². The molecule has 0 spiro atoms. The van der Waals surface area contributed by atoms with E-state index in [4.69, 9.17) is 5.26 Å². The molecule has 0 aliphatic heterocycles. The molecular weight excluding hydrogens is 288 g/mol. The minimum atomic E-state index is -3.60. The molecule has 0 bridgehead atoms. The van der Waals surface area contributed by atoms with E-state index in [2.05, 4.69) is 4.72 Å². The molecule has 0 unspecified atom stereocenters. The maximum atomic E-state index is 12.4. The third kappa shape index (κ3) is 4.03. The van der Waals surface area contributed by atoms with Crippen molar-refractivity contribution < 1.29 is 13.5 Å². The summed E-state index contributed by atoms with van der Waals surface area (Å²) in [4.78, 5) is 0.164. The average molecular weight is 308 g/mol. The number of hydrogen-bond donors (Lipinski definition) is 2. The molecule has 5 nitrogen and oxygen atoms in total. The number of rotatable bonds is 4. The van der Waals surface area contributed by atoms with Gasteiger partial charge in [0.1, 0.15) is 0 Å². The molecule has 0 aromatic heterocycles. The summed E-state index contributed by atoms with van der Waals surface area (Å²) < 4.78 is 27.3. The van der Waals surface area contributed by atoms with Crippen molar-refractivity contribution in [1.29, 1.82) is 5.26 Å². The second kappa shape index (κ2) is 6.56. The number of nitrogens with zero attached hydrogens (tertiary/aromatic N) is 1. The van der Waals surface area contributed by atoms with Crippen molar-refractivity contribution in [3.8, 4) is 6.07 Å². The van der Waals surface area contributed by atoms with Crippen LogP contribution in [0.2, 0.25) is 0 Å². The molecule has 1 saturated carbocycles. The van der Waals surface area contributed by atoms with Crippen molar-refractivity contribution in [2.24, 2.45) is 5.92 Å². The number of benzene rings is 1. The number of aliphatic hydroxyl groups is 1. The maximum absolute atomic E-state index is 12.4. The Morgan fingerprint density at radius 2 is 2.00 bits per heavy atom. The molecular formula is C15H20N2O3S. The lowest BCUT2D eigenvalue weighted by molar-refractivity contribution is 0.109. The molecule has 114 valence electrons. The fraction of sp³-hybridized carbons (Fsp3) is 0.533. The Hall–Kier alpha value is -1.42. The van der Waals surface area contributed by atoms with Gasteiger partial charge in [0.25, 0.3) is 0 Å². The van der Waals surface area contributed by atoms with E-state index in [1.54, 1.807) is 19.1 Å². The van der Waals surface area contributed by atoms with Crippen molar-refractivity contribution in [2.45, 2.75) is 43.6 Å². The van der Waals surface area contributed by atoms with Crippen LogP contribution in [0.25, 0.3) is 0 Å². The molecule has 2 rings (SSSR count). The number of sulfonamides is 1. The molecule has 1 aromatic carbocycles. The summed E-state index contributed by atoms with van der Waals surface area (Å²) in [5, 5.41) is 18.3. The zero-order valence-electron chi connectivity index (χ0n) is 12.0. The SMILES string of the molecule is Cc1ccc(C#N)cc1S(=O)(=O)NCC1CCC(O)CC1. The van der Waals surface area contributed by atoms with E-state index in [0.29, 0.717) is 17.7 Å². The van der Waals surface area contributed by atoms with Crippen LogP contribution in [0.15, 0.2) is 23.1 Å². The van der Waals surface area contributed by atoms with Gasteiger partial charge in [-0.2, -0.15) is 5.26 Å². The Kier molecular flexibility index (Phi) is 4.99. The quantitative estimate of drug-likeness (QED) is 0.885. The molecule has 0 heterocycles. The minimum absolute atomic E-state index is 0.164. The van der Waals surface area contributed by atoms with Gasteiger partial charge in [0.2, 0.25) is 10.0 Å². The lowest BCUT2D eigenvalue weighted by Gasteiger charge is -2.25. The van der Waals surface area contributed by atoms with Crippen LogP contribution < -0.4 is 4.72 Å². The fourth-order valence-electron chi connectivity index (χ4n) is 2.61. The third-order valence-corrected chi connectivity index (χ3v) is 5.55. The highest BCUT2D eigenvalue weighted by Crippen LogP contribution is 2.24. The fourth-order valence-corrected chi connectivity index (χ4v) is 4.00. The number of nitriles is 1. The summed E-state index contributed by atoms with van der Waals surface area (Å²) in [6, 6.07) is 6.61. The van der Waals surface area contributed by atoms with Crippen LogP contribution in [0.1, 0.15) is 36.8 Å². The van der Waals surface area contributed by atoms with Gasteiger partial charge in [-0.25, -0.2) is 13.1 Å². The summed E-state index contributed by atoms with van der Waals surface area (Å²) in [5.74, 6) is 0.266. The van der Waals surface area contributed by atoms with Crippen LogP contribution in [-0.4, -0.2) is 26.2 Å². The number of aliphatic hydroxyl groups excluding tert-OH is 1. The van der Waals surface area contributed by atoms with E-state index in [9.17, 15) is 13.5 Å². The summed E-state index contributed by atoms with van der Waals surface area (Å²) in [6.45, 7) is 2.10. The zero-order valence-corrected chi connectivity index (χ0v) is 12.9. The van der Waals surface area contributed by atoms with Crippen molar-refractivity contribution in [3.63, 3.8) is 0 Å². The minimum Gasteiger partial charge on any atom is -0.393 e. The lowest BCUT2D eigenvalue weighted by atomic mass is 9.88. The van der Waals surface area contributed by atoms with Crippen molar-refractivity contribution in [1.82, 2.24) is 4.72 Å².